The first-order valence-electron chi connectivity index (χ1n) is 3.50. The average Bonchev–Trinajstić information content (AvgIpc) is 2.01. The summed E-state index contributed by atoms with van der Waals surface area (Å²) in [5.41, 5.74) is 5.30. The predicted molar refractivity (Wildman–Crippen MR) is 37.6 cm³/mol. The number of aliphatic hydroxyl groups is 3. The molecule has 6 N–H and O–H groups in total. The van der Waals surface area contributed by atoms with Crippen LogP contribution in [0.1, 0.15) is 0 Å². The van der Waals surface area contributed by atoms with E-state index in [1.165, 1.54) is 0 Å². The number of aliphatic hydroxyl groups excluding tert-OH is 3. The molecule has 1 heterocycles. The number of hydrogen-bond acceptors (Lipinski definition) is 4. The third kappa shape index (κ3) is 1.50. The van der Waals surface area contributed by atoms with E-state index in [1.807, 2.05) is 0 Å². The molecule has 0 bridgehead atoms. The molecular weight excluding hydrogens is 148 g/mol. The Morgan fingerprint density at radius 3 is 2.73 bits per heavy atom. The van der Waals surface area contributed by atoms with E-state index >= 15 is 0 Å². The molecule has 0 aromatic rings. The maximum absolute atomic E-state index is 9.26. The second kappa shape index (κ2) is 3.17. The predicted octanol–water partition coefficient (Wildman–Crippen LogP) is -4.23. The van der Waals surface area contributed by atoms with Crippen LogP contribution in [0, 0.1) is 5.92 Å². The molecule has 1 aliphatic rings. The fourth-order valence-electron chi connectivity index (χ4n) is 1.09. The van der Waals surface area contributed by atoms with E-state index in [-0.39, 0.29) is 18.4 Å². The molecule has 0 aromatic heterocycles. The summed E-state index contributed by atoms with van der Waals surface area (Å²) in [6.07, 6.45) is -2.03. The zero-order chi connectivity index (χ0) is 8.43. The summed E-state index contributed by atoms with van der Waals surface area (Å²) in [6, 6.07) is 0. The molecule has 0 aliphatic carbocycles. The van der Waals surface area contributed by atoms with Gasteiger partial charge in [-0.2, -0.15) is 0 Å². The Morgan fingerprint density at radius 1 is 1.55 bits per heavy atom. The molecule has 0 amide bonds. The van der Waals surface area contributed by atoms with Crippen LogP contribution in [-0.4, -0.2) is 46.5 Å². The lowest BCUT2D eigenvalue weighted by Gasteiger charge is -2.24. The fraction of sp³-hybridized carbons (Fsp3) is 0.833. The Bertz CT molecular complexity index is 171. The summed E-state index contributed by atoms with van der Waals surface area (Å²) in [4.78, 5) is 2.69. The van der Waals surface area contributed by atoms with Gasteiger partial charge in [-0.05, 0) is 0 Å². The number of hydrogen-bond donors (Lipinski definition) is 5. The van der Waals surface area contributed by atoms with Crippen molar-refractivity contribution < 1.29 is 20.3 Å². The van der Waals surface area contributed by atoms with E-state index in [4.69, 9.17) is 15.9 Å². The molecule has 1 rings (SSSR count). The molecule has 1 aliphatic heterocycles. The molecule has 0 unspecified atom stereocenters. The first-order valence-corrected chi connectivity index (χ1v) is 3.50. The molecule has 0 saturated carbocycles. The highest BCUT2D eigenvalue weighted by molar-refractivity contribution is 5.80. The van der Waals surface area contributed by atoms with Crippen LogP contribution in [-0.2, 0) is 0 Å². The van der Waals surface area contributed by atoms with Gasteiger partial charge < -0.3 is 15.3 Å². The highest BCUT2D eigenvalue weighted by Gasteiger charge is 2.35. The van der Waals surface area contributed by atoms with E-state index in [0.29, 0.717) is 6.54 Å². The maximum Gasteiger partial charge on any atom is 0.272 e. The van der Waals surface area contributed by atoms with E-state index in [0.717, 1.165) is 0 Å². The van der Waals surface area contributed by atoms with Gasteiger partial charge in [0.2, 0.25) is 0 Å². The lowest BCUT2D eigenvalue weighted by molar-refractivity contribution is -0.484. The van der Waals surface area contributed by atoms with E-state index in [9.17, 15) is 5.11 Å². The average molecular weight is 161 g/mol. The topological polar surface area (TPSA) is 101 Å². The zero-order valence-corrected chi connectivity index (χ0v) is 6.07. The largest absolute Gasteiger partial charge is 0.396 e. The second-order valence-corrected chi connectivity index (χ2v) is 2.71. The molecule has 0 fully saturated rings. The van der Waals surface area contributed by atoms with E-state index in [2.05, 4.69) is 4.99 Å². The highest BCUT2D eigenvalue weighted by Crippen LogP contribution is 2.06. The summed E-state index contributed by atoms with van der Waals surface area (Å²) >= 11 is 0. The van der Waals surface area contributed by atoms with Gasteiger partial charge in [0, 0.05) is 5.92 Å². The smallest absolute Gasteiger partial charge is 0.272 e. The number of rotatable bonds is 1. The lowest BCUT2D eigenvalue weighted by atomic mass is 9.95. The molecule has 5 heteroatoms. The molecule has 0 saturated heterocycles. The third-order valence-electron chi connectivity index (χ3n) is 1.93. The first-order chi connectivity index (χ1) is 5.16. The highest BCUT2D eigenvalue weighted by atomic mass is 16.3. The molecule has 5 nitrogen and oxygen atoms in total. The zero-order valence-electron chi connectivity index (χ0n) is 6.07. The standard InChI is InChI=1S/C6H12N2O3/c7-6-5(11)4(10)3(2-9)1-8-6/h3-5,9-11H,1-2H2,(H2,7,8)/p+1/t3-,4-,5+/m1/s1. The molecule has 64 valence electrons. The summed E-state index contributed by atoms with van der Waals surface area (Å²) < 4.78 is 0. The quantitative estimate of drug-likeness (QED) is 0.269. The van der Waals surface area contributed by atoms with Crippen molar-refractivity contribution >= 4 is 5.84 Å². The van der Waals surface area contributed by atoms with Gasteiger partial charge in [-0.1, -0.05) is 0 Å². The van der Waals surface area contributed by atoms with Crippen molar-refractivity contribution in [2.24, 2.45) is 11.7 Å². The van der Waals surface area contributed by atoms with Crippen molar-refractivity contribution in [1.29, 1.82) is 0 Å². The first kappa shape index (κ1) is 8.45. The Kier molecular flexibility index (Phi) is 2.43. The van der Waals surface area contributed by atoms with Crippen LogP contribution in [0.15, 0.2) is 0 Å². The molecular formula is C6H13N2O3+. The van der Waals surface area contributed by atoms with Crippen LogP contribution in [0.3, 0.4) is 0 Å². The Balaban J connectivity index is 2.68. The van der Waals surface area contributed by atoms with Crippen LogP contribution in [0.5, 0.6) is 0 Å². The number of amidine groups is 1. The Labute approximate surface area is 64.2 Å². The SMILES string of the molecule is NC1=[NH+]C[C@H](CO)[C@@H](O)[C@@H]1O. The van der Waals surface area contributed by atoms with Crippen LogP contribution >= 0.6 is 0 Å². The summed E-state index contributed by atoms with van der Waals surface area (Å²) in [7, 11) is 0. The molecule has 11 heavy (non-hydrogen) atoms. The monoisotopic (exact) mass is 161 g/mol. The van der Waals surface area contributed by atoms with Crippen LogP contribution in [0.4, 0.5) is 0 Å². The number of nitrogens with one attached hydrogen (secondary N) is 1. The van der Waals surface area contributed by atoms with Crippen molar-refractivity contribution in [2.45, 2.75) is 12.2 Å². The summed E-state index contributed by atoms with van der Waals surface area (Å²) in [5.74, 6) is -0.167. The Hall–Kier alpha value is -0.650. The van der Waals surface area contributed by atoms with Crippen LogP contribution in [0.2, 0.25) is 0 Å². The molecule has 0 radical (unpaired) electrons. The van der Waals surface area contributed by atoms with Crippen LogP contribution < -0.4 is 10.7 Å². The van der Waals surface area contributed by atoms with E-state index in [1.54, 1.807) is 0 Å². The molecule has 3 atom stereocenters. The summed E-state index contributed by atoms with van der Waals surface area (Å²) in [5, 5.41) is 27.1. The van der Waals surface area contributed by atoms with Gasteiger partial charge in [0.25, 0.3) is 5.84 Å². The molecule has 0 aromatic carbocycles. The van der Waals surface area contributed by atoms with Crippen molar-refractivity contribution in [3.63, 3.8) is 0 Å². The third-order valence-corrected chi connectivity index (χ3v) is 1.93. The minimum atomic E-state index is -1.07. The van der Waals surface area contributed by atoms with E-state index < -0.39 is 12.2 Å². The van der Waals surface area contributed by atoms with Crippen molar-refractivity contribution in [2.75, 3.05) is 13.2 Å². The van der Waals surface area contributed by atoms with Gasteiger partial charge >= 0.3 is 0 Å². The minimum absolute atomic E-state index is 0.154. The fourth-order valence-corrected chi connectivity index (χ4v) is 1.09. The van der Waals surface area contributed by atoms with Gasteiger partial charge in [-0.3, -0.25) is 10.7 Å². The van der Waals surface area contributed by atoms with Crippen molar-refractivity contribution in [3.8, 4) is 0 Å². The lowest BCUT2D eigenvalue weighted by Crippen LogP contribution is -2.84. The minimum Gasteiger partial charge on any atom is -0.396 e. The summed E-state index contributed by atoms with van der Waals surface area (Å²) in [6.45, 7) is 0.249. The normalized spacial score (nSPS) is 38.5. The van der Waals surface area contributed by atoms with Gasteiger partial charge in [0.05, 0.1) is 13.2 Å². The van der Waals surface area contributed by atoms with Gasteiger partial charge in [-0.15, -0.1) is 0 Å². The van der Waals surface area contributed by atoms with Crippen molar-refractivity contribution in [3.05, 3.63) is 0 Å². The Morgan fingerprint density at radius 2 is 2.18 bits per heavy atom. The van der Waals surface area contributed by atoms with Gasteiger partial charge in [0.15, 0.2) is 6.10 Å². The number of nitrogens with two attached hydrogens (primary N) is 1. The van der Waals surface area contributed by atoms with Crippen LogP contribution in [0.25, 0.3) is 0 Å². The van der Waals surface area contributed by atoms with Crippen molar-refractivity contribution in [1.82, 2.24) is 0 Å². The van der Waals surface area contributed by atoms with Gasteiger partial charge in [-0.25, -0.2) is 0 Å². The van der Waals surface area contributed by atoms with Gasteiger partial charge in [0.1, 0.15) is 6.10 Å². The maximum atomic E-state index is 9.26. The second-order valence-electron chi connectivity index (χ2n) is 2.71. The molecule has 0 spiro atoms.